The van der Waals surface area contributed by atoms with Gasteiger partial charge in [0.1, 0.15) is 17.2 Å². The van der Waals surface area contributed by atoms with Gasteiger partial charge in [0.25, 0.3) is 0 Å². The molecule has 3 heterocycles. The molecule has 7 heteroatoms. The number of aromatic nitrogens is 1. The highest BCUT2D eigenvalue weighted by Gasteiger charge is 2.20. The molecule has 2 N–H and O–H groups in total. The summed E-state index contributed by atoms with van der Waals surface area (Å²) in [6.45, 7) is 5.66. The first kappa shape index (κ1) is 22.4. The van der Waals surface area contributed by atoms with Crippen molar-refractivity contribution in [3.8, 4) is 0 Å². The predicted octanol–water partition coefficient (Wildman–Crippen LogP) is 4.21. The van der Waals surface area contributed by atoms with Crippen molar-refractivity contribution in [1.29, 1.82) is 0 Å². The lowest BCUT2D eigenvalue weighted by Gasteiger charge is -2.33. The van der Waals surface area contributed by atoms with Crippen LogP contribution in [0.15, 0.2) is 64.1 Å². The first-order valence-corrected chi connectivity index (χ1v) is 10.5. The van der Waals surface area contributed by atoms with E-state index in [-0.39, 0.29) is 24.0 Å². The van der Waals surface area contributed by atoms with E-state index in [2.05, 4.69) is 45.6 Å². The number of para-hydroxylation sites is 1. The molecule has 1 aliphatic rings. The fourth-order valence-corrected chi connectivity index (χ4v) is 3.75. The van der Waals surface area contributed by atoms with E-state index in [1.165, 1.54) is 0 Å². The van der Waals surface area contributed by atoms with Gasteiger partial charge in [-0.15, -0.1) is 24.0 Å². The maximum atomic E-state index is 5.89. The van der Waals surface area contributed by atoms with Gasteiger partial charge in [0.15, 0.2) is 5.96 Å². The molecule has 2 aromatic heterocycles. The first-order chi connectivity index (χ1) is 14.3. The third-order valence-electron chi connectivity index (χ3n) is 5.26. The SMILES string of the molecule is CCNC(=NCCc1cc2ccccc2o1)NC1CCN(c2ccccn2)CC1.I. The molecule has 0 bridgehead atoms. The van der Waals surface area contributed by atoms with Gasteiger partial charge in [-0.25, -0.2) is 4.98 Å². The van der Waals surface area contributed by atoms with Crippen molar-refractivity contribution in [2.45, 2.75) is 32.2 Å². The van der Waals surface area contributed by atoms with E-state index < -0.39 is 0 Å². The summed E-state index contributed by atoms with van der Waals surface area (Å²) >= 11 is 0. The minimum absolute atomic E-state index is 0. The Morgan fingerprint density at radius 1 is 1.17 bits per heavy atom. The Bertz CT molecular complexity index is 902. The second kappa shape index (κ2) is 11.2. The number of hydrogen-bond acceptors (Lipinski definition) is 4. The molecular formula is C23H30IN5O. The molecule has 1 fully saturated rings. The fourth-order valence-electron chi connectivity index (χ4n) is 3.75. The van der Waals surface area contributed by atoms with Crippen molar-refractivity contribution in [2.75, 3.05) is 31.1 Å². The van der Waals surface area contributed by atoms with Crippen LogP contribution >= 0.6 is 24.0 Å². The molecule has 0 amide bonds. The maximum Gasteiger partial charge on any atom is 0.191 e. The van der Waals surface area contributed by atoms with Gasteiger partial charge in [0.2, 0.25) is 0 Å². The zero-order valence-corrected chi connectivity index (χ0v) is 19.7. The van der Waals surface area contributed by atoms with Crippen LogP contribution < -0.4 is 15.5 Å². The quantitative estimate of drug-likeness (QED) is 0.290. The molecule has 160 valence electrons. The van der Waals surface area contributed by atoms with Gasteiger partial charge in [-0.1, -0.05) is 24.3 Å². The van der Waals surface area contributed by atoms with Crippen molar-refractivity contribution in [3.05, 3.63) is 60.5 Å². The lowest BCUT2D eigenvalue weighted by molar-refractivity contribution is 0.459. The molecule has 0 radical (unpaired) electrons. The van der Waals surface area contributed by atoms with E-state index in [1.54, 1.807) is 0 Å². The number of anilines is 1. The highest BCUT2D eigenvalue weighted by atomic mass is 127. The third-order valence-corrected chi connectivity index (χ3v) is 5.26. The van der Waals surface area contributed by atoms with Crippen LogP contribution in [0.3, 0.4) is 0 Å². The molecule has 1 saturated heterocycles. The van der Waals surface area contributed by atoms with Crippen molar-refractivity contribution in [1.82, 2.24) is 15.6 Å². The Morgan fingerprint density at radius 2 is 1.97 bits per heavy atom. The van der Waals surface area contributed by atoms with E-state index in [4.69, 9.17) is 9.41 Å². The zero-order chi connectivity index (χ0) is 19.9. The number of halogens is 1. The molecule has 3 aromatic rings. The molecule has 0 spiro atoms. The number of fused-ring (bicyclic) bond motifs is 1. The van der Waals surface area contributed by atoms with Gasteiger partial charge in [-0.05, 0) is 44.0 Å². The van der Waals surface area contributed by atoms with Crippen LogP contribution in [0.5, 0.6) is 0 Å². The summed E-state index contributed by atoms with van der Waals surface area (Å²) in [5, 5.41) is 8.12. The number of aliphatic imine (C=N–C) groups is 1. The molecule has 0 atom stereocenters. The largest absolute Gasteiger partial charge is 0.461 e. The van der Waals surface area contributed by atoms with Crippen LogP contribution in [0, 0.1) is 0 Å². The Balaban J connectivity index is 0.00000256. The second-order valence-electron chi connectivity index (χ2n) is 7.35. The summed E-state index contributed by atoms with van der Waals surface area (Å²) < 4.78 is 5.89. The summed E-state index contributed by atoms with van der Waals surface area (Å²) in [5.74, 6) is 2.94. The second-order valence-corrected chi connectivity index (χ2v) is 7.35. The van der Waals surface area contributed by atoms with Crippen LogP contribution in [-0.2, 0) is 6.42 Å². The zero-order valence-electron chi connectivity index (χ0n) is 17.4. The lowest BCUT2D eigenvalue weighted by Crippen LogP contribution is -2.49. The molecule has 0 aliphatic carbocycles. The van der Waals surface area contributed by atoms with Crippen LogP contribution in [0.25, 0.3) is 11.0 Å². The van der Waals surface area contributed by atoms with E-state index in [1.807, 2.05) is 36.5 Å². The normalized spacial score (nSPS) is 15.1. The number of nitrogens with one attached hydrogen (secondary N) is 2. The monoisotopic (exact) mass is 519 g/mol. The summed E-state index contributed by atoms with van der Waals surface area (Å²) in [7, 11) is 0. The number of nitrogens with zero attached hydrogens (tertiary/aromatic N) is 3. The van der Waals surface area contributed by atoms with Crippen molar-refractivity contribution in [3.63, 3.8) is 0 Å². The van der Waals surface area contributed by atoms with Crippen LogP contribution in [-0.4, -0.2) is 43.2 Å². The molecule has 0 saturated carbocycles. The molecule has 1 aromatic carbocycles. The van der Waals surface area contributed by atoms with Crippen molar-refractivity contribution >= 4 is 46.7 Å². The smallest absolute Gasteiger partial charge is 0.191 e. The van der Waals surface area contributed by atoms with E-state index in [9.17, 15) is 0 Å². The van der Waals surface area contributed by atoms with Crippen molar-refractivity contribution in [2.24, 2.45) is 4.99 Å². The Labute approximate surface area is 195 Å². The molecule has 0 unspecified atom stereocenters. The summed E-state index contributed by atoms with van der Waals surface area (Å²) in [4.78, 5) is 11.6. The average Bonchev–Trinajstić information content (AvgIpc) is 3.18. The third kappa shape index (κ3) is 5.87. The number of benzene rings is 1. The Hall–Kier alpha value is -2.29. The fraction of sp³-hybridized carbons (Fsp3) is 0.391. The molecule has 6 nitrogen and oxygen atoms in total. The molecular weight excluding hydrogens is 489 g/mol. The van der Waals surface area contributed by atoms with E-state index in [0.29, 0.717) is 12.6 Å². The molecule has 30 heavy (non-hydrogen) atoms. The predicted molar refractivity (Wildman–Crippen MR) is 134 cm³/mol. The topological polar surface area (TPSA) is 65.7 Å². The Morgan fingerprint density at radius 3 is 2.70 bits per heavy atom. The molecule has 4 rings (SSSR count). The number of rotatable bonds is 6. The number of hydrogen-bond donors (Lipinski definition) is 2. The highest BCUT2D eigenvalue weighted by Crippen LogP contribution is 2.19. The van der Waals surface area contributed by atoms with Gasteiger partial charge in [0, 0.05) is 50.2 Å². The number of piperidine rings is 1. The van der Waals surface area contributed by atoms with Crippen LogP contribution in [0.2, 0.25) is 0 Å². The highest BCUT2D eigenvalue weighted by molar-refractivity contribution is 14.0. The van der Waals surface area contributed by atoms with Crippen LogP contribution in [0.4, 0.5) is 5.82 Å². The maximum absolute atomic E-state index is 5.89. The van der Waals surface area contributed by atoms with Gasteiger partial charge >= 0.3 is 0 Å². The Kier molecular flexibility index (Phi) is 8.36. The van der Waals surface area contributed by atoms with Gasteiger partial charge in [-0.2, -0.15) is 0 Å². The van der Waals surface area contributed by atoms with Gasteiger partial charge in [-0.3, -0.25) is 4.99 Å². The summed E-state index contributed by atoms with van der Waals surface area (Å²) in [5.41, 5.74) is 0.941. The van der Waals surface area contributed by atoms with E-state index in [0.717, 1.165) is 67.4 Å². The first-order valence-electron chi connectivity index (χ1n) is 10.5. The average molecular weight is 519 g/mol. The number of guanidine groups is 1. The van der Waals surface area contributed by atoms with Crippen LogP contribution in [0.1, 0.15) is 25.5 Å². The number of furan rings is 1. The van der Waals surface area contributed by atoms with Gasteiger partial charge < -0.3 is 20.0 Å². The minimum Gasteiger partial charge on any atom is -0.461 e. The van der Waals surface area contributed by atoms with E-state index >= 15 is 0 Å². The summed E-state index contributed by atoms with van der Waals surface area (Å²) in [6, 6.07) is 16.7. The standard InChI is InChI=1S/C23H29N5O.HI/c1-2-24-23(26-14-10-20-17-18-7-3-4-8-21(18)29-20)27-19-11-15-28(16-12-19)22-9-5-6-13-25-22;/h3-9,13,17,19H,2,10-12,14-16H2,1H3,(H2,24,26,27);1H. The number of pyridine rings is 1. The minimum atomic E-state index is 0. The van der Waals surface area contributed by atoms with Gasteiger partial charge in [0.05, 0.1) is 0 Å². The molecule has 1 aliphatic heterocycles. The van der Waals surface area contributed by atoms with Crippen molar-refractivity contribution < 1.29 is 4.42 Å². The summed E-state index contributed by atoms with van der Waals surface area (Å²) in [6.07, 6.45) is 4.80. The lowest BCUT2D eigenvalue weighted by atomic mass is 10.1.